The lowest BCUT2D eigenvalue weighted by molar-refractivity contribution is 0.0950. The third kappa shape index (κ3) is 3.92. The molecule has 1 fully saturated rings. The van der Waals surface area contributed by atoms with Gasteiger partial charge in [0.1, 0.15) is 0 Å². The number of halogens is 1. The fraction of sp³-hybridized carbons (Fsp3) is 0.190. The Hall–Kier alpha value is -3.12. The third-order valence-corrected chi connectivity index (χ3v) is 4.86. The van der Waals surface area contributed by atoms with E-state index in [1.807, 2.05) is 19.1 Å². The molecule has 6 nitrogen and oxygen atoms in total. The second-order valence-corrected chi connectivity index (χ2v) is 7.25. The molecule has 3 aromatic rings. The molecular weight excluding hydrogens is 376 g/mol. The van der Waals surface area contributed by atoms with Crippen molar-refractivity contribution in [3.05, 3.63) is 76.6 Å². The predicted molar refractivity (Wildman–Crippen MR) is 108 cm³/mol. The topological polar surface area (TPSA) is 76.0 Å². The van der Waals surface area contributed by atoms with Crippen molar-refractivity contribution in [1.82, 2.24) is 15.1 Å². The van der Waals surface area contributed by atoms with Gasteiger partial charge in [0.25, 0.3) is 11.8 Å². The fourth-order valence-electron chi connectivity index (χ4n) is 2.90. The zero-order valence-electron chi connectivity index (χ0n) is 15.3. The molecule has 2 aromatic carbocycles. The number of aromatic nitrogens is 2. The van der Waals surface area contributed by atoms with Gasteiger partial charge in [-0.2, -0.15) is 5.10 Å². The first-order valence-corrected chi connectivity index (χ1v) is 9.42. The van der Waals surface area contributed by atoms with E-state index in [0.29, 0.717) is 33.6 Å². The summed E-state index contributed by atoms with van der Waals surface area (Å²) in [6, 6.07) is 14.4. The highest BCUT2D eigenvalue weighted by molar-refractivity contribution is 6.30. The Labute approximate surface area is 167 Å². The Morgan fingerprint density at radius 1 is 1.11 bits per heavy atom. The molecule has 0 spiro atoms. The van der Waals surface area contributed by atoms with Gasteiger partial charge >= 0.3 is 0 Å². The molecule has 1 aliphatic carbocycles. The number of carbonyl (C=O) groups is 2. The third-order valence-electron chi connectivity index (χ3n) is 4.62. The van der Waals surface area contributed by atoms with Gasteiger partial charge < -0.3 is 10.6 Å². The van der Waals surface area contributed by atoms with Crippen LogP contribution in [0.3, 0.4) is 0 Å². The van der Waals surface area contributed by atoms with E-state index in [1.165, 1.54) is 6.20 Å². The van der Waals surface area contributed by atoms with Crippen molar-refractivity contribution < 1.29 is 9.59 Å². The molecule has 7 heteroatoms. The normalized spacial score (nSPS) is 13.2. The van der Waals surface area contributed by atoms with Crippen molar-refractivity contribution in [3.8, 4) is 5.69 Å². The highest BCUT2D eigenvalue weighted by Gasteiger charge is 2.23. The molecule has 0 saturated heterocycles. The van der Waals surface area contributed by atoms with Gasteiger partial charge in [-0.15, -0.1) is 0 Å². The summed E-state index contributed by atoms with van der Waals surface area (Å²) in [5.41, 5.74) is 3.16. The number of nitrogens with one attached hydrogen (secondary N) is 2. The lowest BCUT2D eigenvalue weighted by Gasteiger charge is -2.08. The average Bonchev–Trinajstić information content (AvgIpc) is 3.41. The number of carbonyl (C=O) groups excluding carboxylic acids is 2. The van der Waals surface area contributed by atoms with Gasteiger partial charge in [0.05, 0.1) is 23.1 Å². The van der Waals surface area contributed by atoms with Gasteiger partial charge in [-0.3, -0.25) is 9.59 Å². The zero-order chi connectivity index (χ0) is 19.7. The molecule has 0 atom stereocenters. The first-order chi connectivity index (χ1) is 13.5. The van der Waals surface area contributed by atoms with Gasteiger partial charge in [-0.25, -0.2) is 4.68 Å². The van der Waals surface area contributed by atoms with Gasteiger partial charge in [-0.1, -0.05) is 17.7 Å². The largest absolute Gasteiger partial charge is 0.349 e. The SMILES string of the molecule is Cc1c(C(=O)Nc2ccc(C(=O)NC3CC3)cc2)cnn1-c1cccc(Cl)c1. The molecular formula is C21H19ClN4O2. The highest BCUT2D eigenvalue weighted by Crippen LogP contribution is 2.21. The Morgan fingerprint density at radius 2 is 1.86 bits per heavy atom. The van der Waals surface area contributed by atoms with Gasteiger partial charge in [0, 0.05) is 22.3 Å². The molecule has 0 radical (unpaired) electrons. The minimum absolute atomic E-state index is 0.0842. The second-order valence-electron chi connectivity index (χ2n) is 6.81. The molecule has 142 valence electrons. The van der Waals surface area contributed by atoms with Crippen LogP contribution >= 0.6 is 11.6 Å². The predicted octanol–water partition coefficient (Wildman–Crippen LogP) is 3.98. The van der Waals surface area contributed by atoms with E-state index in [0.717, 1.165) is 18.5 Å². The summed E-state index contributed by atoms with van der Waals surface area (Å²) in [5, 5.41) is 10.7. The molecule has 1 aliphatic rings. The summed E-state index contributed by atoms with van der Waals surface area (Å²) in [7, 11) is 0. The molecule has 28 heavy (non-hydrogen) atoms. The number of rotatable bonds is 5. The molecule has 2 N–H and O–H groups in total. The van der Waals surface area contributed by atoms with E-state index in [-0.39, 0.29) is 11.8 Å². The molecule has 4 rings (SSSR count). The minimum Gasteiger partial charge on any atom is -0.349 e. The van der Waals surface area contributed by atoms with Crippen LogP contribution in [0.25, 0.3) is 5.69 Å². The fourth-order valence-corrected chi connectivity index (χ4v) is 3.08. The smallest absolute Gasteiger partial charge is 0.259 e. The molecule has 0 bridgehead atoms. The lowest BCUT2D eigenvalue weighted by atomic mass is 10.2. The number of nitrogens with zero attached hydrogens (tertiary/aromatic N) is 2. The molecule has 1 aromatic heterocycles. The molecule has 0 unspecified atom stereocenters. The van der Waals surface area contributed by atoms with Crippen molar-refractivity contribution in [3.63, 3.8) is 0 Å². The summed E-state index contributed by atoms with van der Waals surface area (Å²) < 4.78 is 1.67. The molecule has 0 aliphatic heterocycles. The van der Waals surface area contributed by atoms with Crippen LogP contribution in [0, 0.1) is 6.92 Å². The van der Waals surface area contributed by atoms with Crippen molar-refractivity contribution in [2.24, 2.45) is 0 Å². The lowest BCUT2D eigenvalue weighted by Crippen LogP contribution is -2.25. The Kier molecular flexibility index (Phi) is 4.88. The van der Waals surface area contributed by atoms with Crippen LogP contribution in [0.4, 0.5) is 5.69 Å². The van der Waals surface area contributed by atoms with Crippen LogP contribution in [-0.4, -0.2) is 27.6 Å². The van der Waals surface area contributed by atoms with Crippen molar-refractivity contribution in [2.45, 2.75) is 25.8 Å². The molecule has 1 heterocycles. The number of benzene rings is 2. The van der Waals surface area contributed by atoms with Crippen LogP contribution in [0.15, 0.2) is 54.7 Å². The Morgan fingerprint density at radius 3 is 2.54 bits per heavy atom. The number of amides is 2. The maximum absolute atomic E-state index is 12.6. The summed E-state index contributed by atoms with van der Waals surface area (Å²) in [4.78, 5) is 24.7. The van der Waals surface area contributed by atoms with E-state index >= 15 is 0 Å². The van der Waals surface area contributed by atoms with E-state index < -0.39 is 0 Å². The Bertz CT molecular complexity index is 1040. The first-order valence-electron chi connectivity index (χ1n) is 9.04. The van der Waals surface area contributed by atoms with Crippen LogP contribution < -0.4 is 10.6 Å². The van der Waals surface area contributed by atoms with Crippen LogP contribution in [0.5, 0.6) is 0 Å². The van der Waals surface area contributed by atoms with Crippen LogP contribution in [0.2, 0.25) is 5.02 Å². The molecule has 2 amide bonds. The molecule has 1 saturated carbocycles. The van der Waals surface area contributed by atoms with Crippen LogP contribution in [-0.2, 0) is 0 Å². The van der Waals surface area contributed by atoms with Gasteiger partial charge in [-0.05, 0) is 62.2 Å². The number of hydrogen-bond donors (Lipinski definition) is 2. The average molecular weight is 395 g/mol. The van der Waals surface area contributed by atoms with E-state index in [4.69, 9.17) is 11.6 Å². The first kappa shape index (κ1) is 18.3. The zero-order valence-corrected chi connectivity index (χ0v) is 16.0. The number of anilines is 1. The quantitative estimate of drug-likeness (QED) is 0.687. The van der Waals surface area contributed by atoms with Gasteiger partial charge in [0.15, 0.2) is 0 Å². The summed E-state index contributed by atoms with van der Waals surface area (Å²) >= 11 is 6.04. The van der Waals surface area contributed by atoms with E-state index in [9.17, 15) is 9.59 Å². The highest BCUT2D eigenvalue weighted by atomic mass is 35.5. The maximum Gasteiger partial charge on any atom is 0.259 e. The van der Waals surface area contributed by atoms with Gasteiger partial charge in [0.2, 0.25) is 0 Å². The van der Waals surface area contributed by atoms with E-state index in [2.05, 4.69) is 15.7 Å². The standard InChI is InChI=1S/C21H19ClN4O2/c1-13-19(12-23-26(13)18-4-2-3-15(22)11-18)21(28)25-16-7-5-14(6-8-16)20(27)24-17-9-10-17/h2-8,11-12,17H,9-10H2,1H3,(H,24,27)(H,25,28). The van der Waals surface area contributed by atoms with Crippen molar-refractivity contribution >= 4 is 29.1 Å². The summed E-state index contributed by atoms with van der Waals surface area (Å²) in [6.45, 7) is 1.83. The van der Waals surface area contributed by atoms with E-state index in [1.54, 1.807) is 41.1 Å². The van der Waals surface area contributed by atoms with Crippen molar-refractivity contribution in [2.75, 3.05) is 5.32 Å². The number of hydrogen-bond acceptors (Lipinski definition) is 3. The minimum atomic E-state index is -0.263. The Balaban J connectivity index is 1.47. The maximum atomic E-state index is 12.6. The van der Waals surface area contributed by atoms with Crippen LogP contribution in [0.1, 0.15) is 39.3 Å². The summed E-state index contributed by atoms with van der Waals surface area (Å²) in [5.74, 6) is -0.347. The summed E-state index contributed by atoms with van der Waals surface area (Å²) in [6.07, 6.45) is 3.62. The second kappa shape index (κ2) is 7.48. The van der Waals surface area contributed by atoms with Crippen molar-refractivity contribution in [1.29, 1.82) is 0 Å². The monoisotopic (exact) mass is 394 g/mol.